The number of allylic oxidation sites excluding steroid dienone is 1. The zero-order valence-electron chi connectivity index (χ0n) is 21.1. The van der Waals surface area contributed by atoms with Crippen molar-refractivity contribution in [3.05, 3.63) is 71.7 Å². The Morgan fingerprint density at radius 3 is 1.94 bits per heavy atom. The van der Waals surface area contributed by atoms with Crippen molar-refractivity contribution in [1.82, 2.24) is 9.88 Å². The molecule has 1 N–H and O–H groups in total. The zero-order valence-corrected chi connectivity index (χ0v) is 21.1. The van der Waals surface area contributed by atoms with Gasteiger partial charge in [-0.25, -0.2) is 0 Å². The Kier molecular flexibility index (Phi) is 16.1. The molecule has 0 aliphatic rings. The first kappa shape index (κ1) is 28.7. The molecule has 3 nitrogen and oxygen atoms in total. The Hall–Kier alpha value is -2.29. The third-order valence-electron chi connectivity index (χ3n) is 4.70. The van der Waals surface area contributed by atoms with Gasteiger partial charge in [0.05, 0.1) is 6.20 Å². The van der Waals surface area contributed by atoms with E-state index in [0.717, 1.165) is 37.5 Å². The highest BCUT2D eigenvalue weighted by atomic mass is 16.3. The number of hydrogen-bond donors (Lipinski definition) is 1. The number of aromatic nitrogens is 1. The Labute approximate surface area is 192 Å². The van der Waals surface area contributed by atoms with E-state index in [2.05, 4.69) is 68.4 Å². The molecule has 0 fully saturated rings. The standard InChI is InChI=1S/C20H33N.C6H7NO.C2H6/c1-6-14-21(15-7-2)18(5)8-9-19-10-12-20(13-11-19)16-17(3)4;1-5-2-3-6(8)4-7-5;1-2/h10-13,17H,5-9,14-16H2,1-4H3;2-4,8H,1H3;1-2H3. The fourth-order valence-electron chi connectivity index (χ4n) is 3.19. The average Bonchev–Trinajstić information content (AvgIpc) is 2.76. The molecule has 31 heavy (non-hydrogen) atoms. The second kappa shape index (κ2) is 17.4. The van der Waals surface area contributed by atoms with E-state index in [1.807, 2.05) is 20.8 Å². The third-order valence-corrected chi connectivity index (χ3v) is 4.70. The van der Waals surface area contributed by atoms with Gasteiger partial charge in [-0.2, -0.15) is 0 Å². The second-order valence-electron chi connectivity index (χ2n) is 8.13. The van der Waals surface area contributed by atoms with E-state index in [1.54, 1.807) is 12.1 Å². The molecule has 2 aromatic rings. The van der Waals surface area contributed by atoms with Crippen LogP contribution >= 0.6 is 0 Å². The van der Waals surface area contributed by atoms with E-state index in [1.165, 1.54) is 42.3 Å². The van der Waals surface area contributed by atoms with Gasteiger partial charge in [0.1, 0.15) is 5.75 Å². The van der Waals surface area contributed by atoms with Crippen LogP contribution in [0.1, 0.15) is 77.6 Å². The summed E-state index contributed by atoms with van der Waals surface area (Å²) in [4.78, 5) is 6.28. The van der Waals surface area contributed by atoms with Gasteiger partial charge in [-0.1, -0.05) is 72.4 Å². The van der Waals surface area contributed by atoms with Gasteiger partial charge in [0.15, 0.2) is 0 Å². The van der Waals surface area contributed by atoms with Crippen LogP contribution in [-0.4, -0.2) is 28.1 Å². The Morgan fingerprint density at radius 2 is 1.52 bits per heavy atom. The van der Waals surface area contributed by atoms with Crippen molar-refractivity contribution in [1.29, 1.82) is 0 Å². The fraction of sp³-hybridized carbons (Fsp3) is 0.536. The predicted molar refractivity (Wildman–Crippen MR) is 137 cm³/mol. The number of aromatic hydroxyl groups is 1. The maximum absolute atomic E-state index is 8.69. The molecule has 1 heterocycles. The first-order chi connectivity index (χ1) is 14.8. The Balaban J connectivity index is 0.000000745. The van der Waals surface area contributed by atoms with Crippen LogP contribution in [0.4, 0.5) is 0 Å². The van der Waals surface area contributed by atoms with Crippen molar-refractivity contribution >= 4 is 0 Å². The molecule has 0 aliphatic carbocycles. The van der Waals surface area contributed by atoms with Crippen LogP contribution in [0.3, 0.4) is 0 Å². The fourth-order valence-corrected chi connectivity index (χ4v) is 3.19. The van der Waals surface area contributed by atoms with Gasteiger partial charge in [0, 0.05) is 24.5 Å². The SMILES string of the molecule is C=C(CCc1ccc(CC(C)C)cc1)N(CCC)CCC.CC.Cc1ccc(O)cn1. The molecular formula is C28H46N2O. The highest BCUT2D eigenvalue weighted by Gasteiger charge is 2.06. The quantitative estimate of drug-likeness (QED) is 0.425. The molecule has 1 aromatic heterocycles. The lowest BCUT2D eigenvalue weighted by Gasteiger charge is -2.26. The molecule has 0 spiro atoms. The Bertz CT molecular complexity index is 663. The van der Waals surface area contributed by atoms with Crippen LogP contribution in [0.2, 0.25) is 0 Å². The molecule has 2 rings (SSSR count). The minimum Gasteiger partial charge on any atom is -0.506 e. The van der Waals surface area contributed by atoms with Crippen molar-refractivity contribution in [2.24, 2.45) is 5.92 Å². The summed E-state index contributed by atoms with van der Waals surface area (Å²) in [6.45, 7) is 21.5. The zero-order chi connectivity index (χ0) is 23.6. The van der Waals surface area contributed by atoms with Gasteiger partial charge >= 0.3 is 0 Å². The predicted octanol–water partition coefficient (Wildman–Crippen LogP) is 7.58. The van der Waals surface area contributed by atoms with E-state index in [4.69, 9.17) is 5.11 Å². The van der Waals surface area contributed by atoms with Crippen molar-refractivity contribution in [2.75, 3.05) is 13.1 Å². The summed E-state index contributed by atoms with van der Waals surface area (Å²) >= 11 is 0. The number of rotatable bonds is 10. The molecule has 0 radical (unpaired) electrons. The molecule has 0 saturated carbocycles. The van der Waals surface area contributed by atoms with Gasteiger partial charge in [-0.05, 0) is 68.2 Å². The van der Waals surface area contributed by atoms with Crippen molar-refractivity contribution in [2.45, 2.75) is 80.6 Å². The molecule has 0 amide bonds. The van der Waals surface area contributed by atoms with E-state index >= 15 is 0 Å². The van der Waals surface area contributed by atoms with E-state index in [0.29, 0.717) is 0 Å². The summed E-state index contributed by atoms with van der Waals surface area (Å²) in [5.74, 6) is 0.947. The van der Waals surface area contributed by atoms with Gasteiger partial charge < -0.3 is 10.0 Å². The summed E-state index contributed by atoms with van der Waals surface area (Å²) in [6, 6.07) is 12.5. The van der Waals surface area contributed by atoms with Crippen molar-refractivity contribution in [3.8, 4) is 5.75 Å². The maximum Gasteiger partial charge on any atom is 0.133 e. The average molecular weight is 427 g/mol. The summed E-state index contributed by atoms with van der Waals surface area (Å²) in [5, 5.41) is 8.69. The van der Waals surface area contributed by atoms with Crippen LogP contribution in [-0.2, 0) is 12.8 Å². The third kappa shape index (κ3) is 13.6. The molecule has 174 valence electrons. The minimum atomic E-state index is 0.218. The maximum atomic E-state index is 8.69. The van der Waals surface area contributed by atoms with Gasteiger partial charge in [-0.3, -0.25) is 4.98 Å². The second-order valence-corrected chi connectivity index (χ2v) is 8.13. The molecule has 0 saturated heterocycles. The lowest BCUT2D eigenvalue weighted by Crippen LogP contribution is -2.24. The number of hydrogen-bond acceptors (Lipinski definition) is 3. The molecule has 0 bridgehead atoms. The van der Waals surface area contributed by atoms with Crippen LogP contribution in [0.15, 0.2) is 54.9 Å². The lowest BCUT2D eigenvalue weighted by molar-refractivity contribution is 0.334. The first-order valence-corrected chi connectivity index (χ1v) is 12.0. The molecule has 1 aromatic carbocycles. The minimum absolute atomic E-state index is 0.218. The van der Waals surface area contributed by atoms with Crippen molar-refractivity contribution < 1.29 is 5.11 Å². The first-order valence-electron chi connectivity index (χ1n) is 12.0. The summed E-state index contributed by atoms with van der Waals surface area (Å²) in [6.07, 6.45) is 7.17. The number of nitrogens with zero attached hydrogens (tertiary/aromatic N) is 2. The van der Waals surface area contributed by atoms with Gasteiger partial charge in [-0.15, -0.1) is 0 Å². The van der Waals surface area contributed by atoms with Gasteiger partial charge in [0.2, 0.25) is 0 Å². The van der Waals surface area contributed by atoms with Gasteiger partial charge in [0.25, 0.3) is 0 Å². The van der Waals surface area contributed by atoms with Crippen molar-refractivity contribution in [3.63, 3.8) is 0 Å². The highest BCUT2D eigenvalue weighted by molar-refractivity contribution is 5.23. The normalized spacial score (nSPS) is 9.94. The summed E-state index contributed by atoms with van der Waals surface area (Å²) in [7, 11) is 0. The lowest BCUT2D eigenvalue weighted by atomic mass is 10.00. The Morgan fingerprint density at radius 1 is 0.968 bits per heavy atom. The van der Waals surface area contributed by atoms with Crippen LogP contribution in [0, 0.1) is 12.8 Å². The van der Waals surface area contributed by atoms with E-state index < -0.39 is 0 Å². The molecule has 0 atom stereocenters. The summed E-state index contributed by atoms with van der Waals surface area (Å²) < 4.78 is 0. The largest absolute Gasteiger partial charge is 0.506 e. The molecular weight excluding hydrogens is 380 g/mol. The van der Waals surface area contributed by atoms with Crippen LogP contribution in [0.25, 0.3) is 0 Å². The molecule has 3 heteroatoms. The summed E-state index contributed by atoms with van der Waals surface area (Å²) in [5.41, 5.74) is 5.09. The number of aryl methyl sites for hydroxylation is 2. The smallest absolute Gasteiger partial charge is 0.133 e. The molecule has 0 unspecified atom stereocenters. The van der Waals surface area contributed by atoms with Crippen LogP contribution < -0.4 is 0 Å². The number of benzene rings is 1. The topological polar surface area (TPSA) is 36.4 Å². The van der Waals surface area contributed by atoms with Crippen LogP contribution in [0.5, 0.6) is 5.75 Å². The van der Waals surface area contributed by atoms with E-state index in [-0.39, 0.29) is 5.75 Å². The van der Waals surface area contributed by atoms with E-state index in [9.17, 15) is 0 Å². The number of pyridine rings is 1. The highest BCUT2D eigenvalue weighted by Crippen LogP contribution is 2.15. The molecule has 0 aliphatic heterocycles. The monoisotopic (exact) mass is 426 g/mol.